The van der Waals surface area contributed by atoms with Crippen LogP contribution in [0.4, 0.5) is 5.69 Å². The third-order valence-corrected chi connectivity index (χ3v) is 4.72. The maximum Gasteiger partial charge on any atom is 0.306 e. The summed E-state index contributed by atoms with van der Waals surface area (Å²) in [5, 5.41) is 10.8. The number of Topliss-reactive ketones (excluding diaryl/α,β-unsaturated/α-hetero) is 1. The molecule has 0 unspecified atom stereocenters. The first-order chi connectivity index (χ1) is 11.8. The Balaban J connectivity index is 1.91. The van der Waals surface area contributed by atoms with Gasteiger partial charge in [0.1, 0.15) is 6.10 Å². The van der Waals surface area contributed by atoms with E-state index in [0.29, 0.717) is 11.1 Å². The Labute approximate surface area is 149 Å². The highest BCUT2D eigenvalue weighted by molar-refractivity contribution is 7.12. The first kappa shape index (κ1) is 18.8. The molecule has 0 aliphatic rings. The number of nitro benzene ring substituents is 1. The van der Waals surface area contributed by atoms with Gasteiger partial charge in [-0.3, -0.25) is 19.7 Å². The van der Waals surface area contributed by atoms with E-state index in [1.807, 2.05) is 19.9 Å². The number of nitro groups is 1. The number of hydrogen-bond acceptors (Lipinski definition) is 6. The van der Waals surface area contributed by atoms with Crippen molar-refractivity contribution in [3.05, 3.63) is 61.3 Å². The second-order valence-corrected chi connectivity index (χ2v) is 7.19. The van der Waals surface area contributed by atoms with Gasteiger partial charge in [0.05, 0.1) is 11.3 Å². The highest BCUT2D eigenvalue weighted by Gasteiger charge is 2.17. The fraction of sp³-hybridized carbons (Fsp3) is 0.333. The molecule has 0 saturated heterocycles. The summed E-state index contributed by atoms with van der Waals surface area (Å²) < 4.78 is 5.28. The summed E-state index contributed by atoms with van der Waals surface area (Å²) in [6.07, 6.45) is -0.558. The van der Waals surface area contributed by atoms with E-state index in [2.05, 4.69) is 0 Å². The van der Waals surface area contributed by atoms with Gasteiger partial charge in [0, 0.05) is 33.9 Å². The normalized spacial score (nSPS) is 11.8. The molecule has 0 N–H and O–H groups in total. The maximum absolute atomic E-state index is 12.2. The lowest BCUT2D eigenvalue weighted by atomic mass is 10.1. The van der Waals surface area contributed by atoms with Crippen molar-refractivity contribution in [2.75, 3.05) is 0 Å². The van der Waals surface area contributed by atoms with Crippen LogP contribution in [-0.4, -0.2) is 16.7 Å². The summed E-state index contributed by atoms with van der Waals surface area (Å²) >= 11 is 1.55. The molecule has 1 aromatic heterocycles. The predicted octanol–water partition coefficient (Wildman–Crippen LogP) is 4.54. The fourth-order valence-electron chi connectivity index (χ4n) is 2.47. The summed E-state index contributed by atoms with van der Waals surface area (Å²) in [7, 11) is 0. The van der Waals surface area contributed by atoms with Crippen molar-refractivity contribution in [2.24, 2.45) is 0 Å². The van der Waals surface area contributed by atoms with Crippen molar-refractivity contribution in [3.63, 3.8) is 0 Å². The number of thiophene rings is 1. The summed E-state index contributed by atoms with van der Waals surface area (Å²) in [5.41, 5.74) is 1.14. The van der Waals surface area contributed by atoms with E-state index in [0.717, 1.165) is 9.75 Å². The molecule has 0 spiro atoms. The summed E-state index contributed by atoms with van der Waals surface area (Å²) in [6.45, 7) is 5.46. The molecule has 0 radical (unpaired) electrons. The number of nitrogens with zero attached hydrogens (tertiary/aromatic N) is 1. The molecule has 0 fully saturated rings. The maximum atomic E-state index is 12.2. The molecular formula is C18H19NO5S. The fourth-order valence-corrected chi connectivity index (χ4v) is 3.42. The van der Waals surface area contributed by atoms with Gasteiger partial charge in [-0.05, 0) is 32.4 Å². The summed E-state index contributed by atoms with van der Waals surface area (Å²) in [6, 6.07) is 7.79. The third kappa shape index (κ3) is 4.96. The SMILES string of the molecule is Cc1cc(C(=O)CCC(=O)O[C@H](C)c2cccc([N+](=O)[O-])c2)c(C)s1. The zero-order valence-corrected chi connectivity index (χ0v) is 15.1. The molecule has 132 valence electrons. The van der Waals surface area contributed by atoms with Crippen LogP contribution in [0, 0.1) is 24.0 Å². The molecule has 25 heavy (non-hydrogen) atoms. The van der Waals surface area contributed by atoms with Crippen LogP contribution in [0.25, 0.3) is 0 Å². The minimum atomic E-state index is -0.618. The second kappa shape index (κ2) is 8.02. The molecule has 2 aromatic rings. The minimum absolute atomic E-state index is 0.0214. The number of rotatable bonds is 7. The molecule has 6 nitrogen and oxygen atoms in total. The van der Waals surface area contributed by atoms with Gasteiger partial charge in [0.25, 0.3) is 5.69 Å². The highest BCUT2D eigenvalue weighted by atomic mass is 32.1. The van der Waals surface area contributed by atoms with E-state index >= 15 is 0 Å². The number of carbonyl (C=O) groups is 2. The molecule has 1 atom stereocenters. The van der Waals surface area contributed by atoms with E-state index in [1.165, 1.54) is 12.1 Å². The van der Waals surface area contributed by atoms with Gasteiger partial charge < -0.3 is 4.74 Å². The molecule has 2 rings (SSSR count). The Morgan fingerprint density at radius 2 is 1.96 bits per heavy atom. The van der Waals surface area contributed by atoms with Gasteiger partial charge >= 0.3 is 5.97 Å². The molecular weight excluding hydrogens is 342 g/mol. The van der Waals surface area contributed by atoms with Crippen LogP contribution in [0.1, 0.15) is 51.5 Å². The Morgan fingerprint density at radius 1 is 1.24 bits per heavy atom. The summed E-state index contributed by atoms with van der Waals surface area (Å²) in [5.74, 6) is -0.584. The molecule has 0 aliphatic carbocycles. The molecule has 0 aliphatic heterocycles. The monoisotopic (exact) mass is 361 g/mol. The van der Waals surface area contributed by atoms with E-state index in [9.17, 15) is 19.7 Å². The number of carbonyl (C=O) groups excluding carboxylic acids is 2. The van der Waals surface area contributed by atoms with Gasteiger partial charge in [-0.2, -0.15) is 0 Å². The molecule has 0 saturated carbocycles. The zero-order valence-electron chi connectivity index (χ0n) is 14.3. The van der Waals surface area contributed by atoms with E-state index < -0.39 is 17.0 Å². The molecule has 0 bridgehead atoms. The Hall–Kier alpha value is -2.54. The number of ether oxygens (including phenoxy) is 1. The lowest BCUT2D eigenvalue weighted by Crippen LogP contribution is -2.11. The van der Waals surface area contributed by atoms with Crippen LogP contribution in [0.2, 0.25) is 0 Å². The van der Waals surface area contributed by atoms with Crippen LogP contribution in [-0.2, 0) is 9.53 Å². The number of ketones is 1. The van der Waals surface area contributed by atoms with Crippen molar-refractivity contribution >= 4 is 28.8 Å². The van der Waals surface area contributed by atoms with Crippen molar-refractivity contribution < 1.29 is 19.2 Å². The largest absolute Gasteiger partial charge is 0.458 e. The van der Waals surface area contributed by atoms with Gasteiger partial charge in [0.2, 0.25) is 0 Å². The Bertz CT molecular complexity index is 812. The van der Waals surface area contributed by atoms with Crippen molar-refractivity contribution in [1.29, 1.82) is 0 Å². The lowest BCUT2D eigenvalue weighted by molar-refractivity contribution is -0.385. The quantitative estimate of drug-likeness (QED) is 0.313. The van der Waals surface area contributed by atoms with Crippen LogP contribution in [0.3, 0.4) is 0 Å². The van der Waals surface area contributed by atoms with Crippen LogP contribution < -0.4 is 0 Å². The van der Waals surface area contributed by atoms with E-state index in [4.69, 9.17) is 4.74 Å². The second-order valence-electron chi connectivity index (χ2n) is 5.73. The predicted molar refractivity (Wildman–Crippen MR) is 95.0 cm³/mol. The summed E-state index contributed by atoms with van der Waals surface area (Å²) in [4.78, 5) is 36.5. The Kier molecular flexibility index (Phi) is 6.03. The molecule has 0 amide bonds. The van der Waals surface area contributed by atoms with Crippen LogP contribution >= 0.6 is 11.3 Å². The van der Waals surface area contributed by atoms with Crippen molar-refractivity contribution in [3.8, 4) is 0 Å². The van der Waals surface area contributed by atoms with Crippen molar-refractivity contribution in [2.45, 2.75) is 39.7 Å². The third-order valence-electron chi connectivity index (χ3n) is 3.76. The smallest absolute Gasteiger partial charge is 0.306 e. The van der Waals surface area contributed by atoms with Crippen LogP contribution in [0.15, 0.2) is 30.3 Å². The number of aryl methyl sites for hydroxylation is 2. The average molecular weight is 361 g/mol. The molecule has 7 heteroatoms. The molecule has 1 aromatic carbocycles. The van der Waals surface area contributed by atoms with Crippen molar-refractivity contribution in [1.82, 2.24) is 0 Å². The Morgan fingerprint density at radius 3 is 2.56 bits per heavy atom. The van der Waals surface area contributed by atoms with E-state index in [1.54, 1.807) is 30.4 Å². The van der Waals surface area contributed by atoms with Crippen LogP contribution in [0.5, 0.6) is 0 Å². The minimum Gasteiger partial charge on any atom is -0.458 e. The first-order valence-electron chi connectivity index (χ1n) is 7.82. The van der Waals surface area contributed by atoms with Gasteiger partial charge in [-0.1, -0.05) is 12.1 Å². The number of benzene rings is 1. The van der Waals surface area contributed by atoms with Gasteiger partial charge in [0.15, 0.2) is 5.78 Å². The zero-order chi connectivity index (χ0) is 18.6. The number of hydrogen-bond donors (Lipinski definition) is 0. The van der Waals surface area contributed by atoms with Gasteiger partial charge in [-0.15, -0.1) is 11.3 Å². The standard InChI is InChI=1S/C18H19NO5S/c1-11-9-16(13(3)25-11)17(20)7-8-18(21)24-12(2)14-5-4-6-15(10-14)19(22)23/h4-6,9-10,12H,7-8H2,1-3H3/t12-/m1/s1. The highest BCUT2D eigenvalue weighted by Crippen LogP contribution is 2.24. The first-order valence-corrected chi connectivity index (χ1v) is 8.63. The van der Waals surface area contributed by atoms with E-state index in [-0.39, 0.29) is 24.3 Å². The number of non-ortho nitro benzene ring substituents is 1. The number of esters is 1. The average Bonchev–Trinajstić information content (AvgIpc) is 2.91. The lowest BCUT2D eigenvalue weighted by Gasteiger charge is -2.13. The topological polar surface area (TPSA) is 86.5 Å². The van der Waals surface area contributed by atoms with Gasteiger partial charge in [-0.25, -0.2) is 0 Å². The molecule has 1 heterocycles.